The summed E-state index contributed by atoms with van der Waals surface area (Å²) in [5, 5.41) is 4.14. The number of nitrogens with zero attached hydrogens (tertiary/aromatic N) is 3. The van der Waals surface area contributed by atoms with Gasteiger partial charge in [-0.05, 0) is 25.5 Å². The van der Waals surface area contributed by atoms with Gasteiger partial charge in [-0.25, -0.2) is 9.67 Å². The van der Waals surface area contributed by atoms with E-state index in [1.54, 1.807) is 11.8 Å². The summed E-state index contributed by atoms with van der Waals surface area (Å²) in [7, 11) is 0. The van der Waals surface area contributed by atoms with Crippen molar-refractivity contribution in [3.05, 3.63) is 42.0 Å². The molecule has 0 aliphatic heterocycles. The first-order valence-corrected chi connectivity index (χ1v) is 7.75. The summed E-state index contributed by atoms with van der Waals surface area (Å²) in [6.45, 7) is 4.95. The second-order valence-corrected chi connectivity index (χ2v) is 5.77. The number of benzene rings is 1. The van der Waals surface area contributed by atoms with E-state index in [1.165, 1.54) is 11.9 Å². The normalized spacial score (nSPS) is 10.7. The highest BCUT2D eigenvalue weighted by Gasteiger charge is 2.10. The van der Waals surface area contributed by atoms with Gasteiger partial charge in [-0.1, -0.05) is 24.6 Å². The van der Waals surface area contributed by atoms with Crippen LogP contribution in [0.3, 0.4) is 0 Å². The van der Waals surface area contributed by atoms with Crippen LogP contribution in [0, 0.1) is 6.92 Å². The van der Waals surface area contributed by atoms with E-state index in [1.807, 2.05) is 16.8 Å². The maximum absolute atomic E-state index is 12.0. The Morgan fingerprint density at radius 2 is 2.25 bits per heavy atom. The molecule has 20 heavy (non-hydrogen) atoms. The SMILES string of the molecule is CCCn1ncnc1CC(=O)CSc1cccc(C)c1. The number of aryl methyl sites for hydroxylation is 2. The van der Waals surface area contributed by atoms with Crippen LogP contribution in [-0.2, 0) is 17.8 Å². The first kappa shape index (κ1) is 14.8. The van der Waals surface area contributed by atoms with E-state index in [9.17, 15) is 4.79 Å². The molecule has 0 saturated heterocycles. The lowest BCUT2D eigenvalue weighted by atomic mass is 10.2. The first-order valence-electron chi connectivity index (χ1n) is 6.77. The number of rotatable bonds is 7. The number of ketones is 1. The first-order chi connectivity index (χ1) is 9.69. The lowest BCUT2D eigenvalue weighted by Crippen LogP contribution is -2.12. The van der Waals surface area contributed by atoms with Gasteiger partial charge in [-0.3, -0.25) is 4.79 Å². The van der Waals surface area contributed by atoms with Gasteiger partial charge >= 0.3 is 0 Å². The molecule has 4 nitrogen and oxygen atoms in total. The summed E-state index contributed by atoms with van der Waals surface area (Å²) in [4.78, 5) is 17.3. The van der Waals surface area contributed by atoms with Gasteiger partial charge in [0, 0.05) is 11.4 Å². The average molecular weight is 289 g/mol. The molecule has 0 unspecified atom stereocenters. The van der Waals surface area contributed by atoms with Crippen molar-refractivity contribution in [2.45, 2.75) is 38.1 Å². The van der Waals surface area contributed by atoms with Gasteiger partial charge in [-0.2, -0.15) is 5.10 Å². The van der Waals surface area contributed by atoms with E-state index in [0.717, 1.165) is 23.7 Å². The molecule has 1 aromatic carbocycles. The third-order valence-electron chi connectivity index (χ3n) is 2.88. The Morgan fingerprint density at radius 1 is 1.40 bits per heavy atom. The third kappa shape index (κ3) is 4.20. The van der Waals surface area contributed by atoms with Crippen LogP contribution in [0.1, 0.15) is 24.7 Å². The lowest BCUT2D eigenvalue weighted by Gasteiger charge is -2.04. The summed E-state index contributed by atoms with van der Waals surface area (Å²) in [6.07, 6.45) is 2.87. The van der Waals surface area contributed by atoms with Gasteiger partial charge in [0.05, 0.1) is 12.2 Å². The monoisotopic (exact) mass is 289 g/mol. The van der Waals surface area contributed by atoms with Crippen LogP contribution in [0.15, 0.2) is 35.5 Å². The summed E-state index contributed by atoms with van der Waals surface area (Å²) < 4.78 is 1.81. The number of carbonyl (C=O) groups is 1. The van der Waals surface area contributed by atoms with Crippen LogP contribution in [0.4, 0.5) is 0 Å². The largest absolute Gasteiger partial charge is 0.298 e. The molecule has 0 spiro atoms. The molecule has 0 atom stereocenters. The van der Waals surface area contributed by atoms with Gasteiger partial charge in [0.15, 0.2) is 5.78 Å². The number of thioether (sulfide) groups is 1. The van der Waals surface area contributed by atoms with E-state index in [2.05, 4.69) is 36.1 Å². The third-order valence-corrected chi connectivity index (χ3v) is 3.93. The zero-order chi connectivity index (χ0) is 14.4. The Hall–Kier alpha value is -1.62. The Morgan fingerprint density at radius 3 is 3.00 bits per heavy atom. The molecule has 0 amide bonds. The van der Waals surface area contributed by atoms with E-state index in [-0.39, 0.29) is 5.78 Å². The molecule has 0 aliphatic rings. The molecule has 2 rings (SSSR count). The van der Waals surface area contributed by atoms with Crippen LogP contribution in [0.2, 0.25) is 0 Å². The quantitative estimate of drug-likeness (QED) is 0.735. The van der Waals surface area contributed by atoms with Crippen LogP contribution < -0.4 is 0 Å². The van der Waals surface area contributed by atoms with E-state index in [0.29, 0.717) is 12.2 Å². The smallest absolute Gasteiger partial charge is 0.150 e. The predicted molar refractivity (Wildman–Crippen MR) is 80.9 cm³/mol. The Labute approximate surface area is 123 Å². The van der Waals surface area contributed by atoms with Crippen molar-refractivity contribution in [1.29, 1.82) is 0 Å². The molecule has 0 N–H and O–H groups in total. The highest BCUT2D eigenvalue weighted by molar-refractivity contribution is 8.00. The minimum absolute atomic E-state index is 0.182. The Kier molecular flexibility index (Phi) is 5.35. The van der Waals surface area contributed by atoms with Crippen LogP contribution >= 0.6 is 11.8 Å². The average Bonchev–Trinajstić information content (AvgIpc) is 2.84. The van der Waals surface area contributed by atoms with Crippen molar-refractivity contribution in [3.63, 3.8) is 0 Å². The molecular weight excluding hydrogens is 270 g/mol. The van der Waals surface area contributed by atoms with Gasteiger partial charge in [-0.15, -0.1) is 11.8 Å². The topological polar surface area (TPSA) is 47.8 Å². The zero-order valence-electron chi connectivity index (χ0n) is 11.9. The van der Waals surface area contributed by atoms with Crippen molar-refractivity contribution in [2.24, 2.45) is 0 Å². The lowest BCUT2D eigenvalue weighted by molar-refractivity contribution is -0.116. The van der Waals surface area contributed by atoms with Crippen LogP contribution in [-0.4, -0.2) is 26.3 Å². The fraction of sp³-hybridized carbons (Fsp3) is 0.400. The molecule has 5 heteroatoms. The highest BCUT2D eigenvalue weighted by Crippen LogP contribution is 2.19. The van der Waals surface area contributed by atoms with E-state index >= 15 is 0 Å². The van der Waals surface area contributed by atoms with E-state index < -0.39 is 0 Å². The van der Waals surface area contributed by atoms with Crippen LogP contribution in [0.5, 0.6) is 0 Å². The van der Waals surface area contributed by atoms with Crippen LogP contribution in [0.25, 0.3) is 0 Å². The van der Waals surface area contributed by atoms with E-state index in [4.69, 9.17) is 0 Å². The molecule has 1 aromatic heterocycles. The Bertz CT molecular complexity index is 580. The highest BCUT2D eigenvalue weighted by atomic mass is 32.2. The minimum Gasteiger partial charge on any atom is -0.298 e. The number of hydrogen-bond donors (Lipinski definition) is 0. The summed E-state index contributed by atoms with van der Waals surface area (Å²) in [5.74, 6) is 1.42. The minimum atomic E-state index is 0.182. The second kappa shape index (κ2) is 7.24. The van der Waals surface area contributed by atoms with Gasteiger partial charge in [0.1, 0.15) is 12.2 Å². The molecule has 0 aliphatic carbocycles. The number of hydrogen-bond acceptors (Lipinski definition) is 4. The maximum atomic E-state index is 12.0. The van der Waals surface area contributed by atoms with Gasteiger partial charge < -0.3 is 0 Å². The van der Waals surface area contributed by atoms with Crippen molar-refractivity contribution in [2.75, 3.05) is 5.75 Å². The molecule has 0 fully saturated rings. The Balaban J connectivity index is 1.88. The standard InChI is InChI=1S/C15H19N3OS/c1-3-7-18-15(16-11-17-18)9-13(19)10-20-14-6-4-5-12(2)8-14/h4-6,8,11H,3,7,9-10H2,1-2H3. The molecule has 0 bridgehead atoms. The molecule has 0 saturated carbocycles. The number of carbonyl (C=O) groups excluding carboxylic acids is 1. The maximum Gasteiger partial charge on any atom is 0.150 e. The van der Waals surface area contributed by atoms with Crippen molar-refractivity contribution < 1.29 is 4.79 Å². The fourth-order valence-electron chi connectivity index (χ4n) is 1.92. The van der Waals surface area contributed by atoms with Crippen molar-refractivity contribution in [3.8, 4) is 0 Å². The van der Waals surface area contributed by atoms with Crippen molar-refractivity contribution in [1.82, 2.24) is 14.8 Å². The number of aromatic nitrogens is 3. The number of Topliss-reactive ketones (excluding diaryl/α,β-unsaturated/α-hetero) is 1. The second-order valence-electron chi connectivity index (χ2n) is 4.72. The molecule has 1 heterocycles. The summed E-state index contributed by atoms with van der Waals surface area (Å²) in [5.41, 5.74) is 1.21. The fourth-order valence-corrected chi connectivity index (χ4v) is 2.79. The summed E-state index contributed by atoms with van der Waals surface area (Å²) >= 11 is 1.58. The molecular formula is C15H19N3OS. The van der Waals surface area contributed by atoms with Gasteiger partial charge in [0.25, 0.3) is 0 Å². The molecule has 106 valence electrons. The van der Waals surface area contributed by atoms with Crippen molar-refractivity contribution >= 4 is 17.5 Å². The predicted octanol–water partition coefficient (Wildman–Crippen LogP) is 2.90. The zero-order valence-corrected chi connectivity index (χ0v) is 12.7. The van der Waals surface area contributed by atoms with Gasteiger partial charge in [0.2, 0.25) is 0 Å². The molecule has 0 radical (unpaired) electrons. The summed E-state index contributed by atoms with van der Waals surface area (Å²) in [6, 6.07) is 8.20. The molecule has 2 aromatic rings.